The van der Waals surface area contributed by atoms with E-state index in [0.717, 1.165) is 0 Å². The van der Waals surface area contributed by atoms with E-state index >= 15 is 0 Å². The van der Waals surface area contributed by atoms with Gasteiger partial charge in [-0.1, -0.05) is 12.1 Å². The molecule has 1 fully saturated rings. The van der Waals surface area contributed by atoms with Gasteiger partial charge in [0.25, 0.3) is 16.0 Å². The van der Waals surface area contributed by atoms with Gasteiger partial charge in [0.05, 0.1) is 26.0 Å². The van der Waals surface area contributed by atoms with E-state index in [0.29, 0.717) is 78.1 Å². The molecule has 0 radical (unpaired) electrons. The first kappa shape index (κ1) is 27.0. The Balaban J connectivity index is 0.000000617. The summed E-state index contributed by atoms with van der Waals surface area (Å²) >= 11 is 0. The van der Waals surface area contributed by atoms with Crippen molar-refractivity contribution in [2.45, 2.75) is 6.10 Å². The molecule has 3 heterocycles. The van der Waals surface area contributed by atoms with Crippen LogP contribution in [0.4, 0.5) is 11.8 Å². The number of anilines is 2. The highest BCUT2D eigenvalue weighted by molar-refractivity contribution is 7.85. The second kappa shape index (κ2) is 11.1. The molecule has 1 saturated heterocycles. The van der Waals surface area contributed by atoms with Crippen LogP contribution in [0.25, 0.3) is 10.9 Å². The Morgan fingerprint density at radius 3 is 2.29 bits per heavy atom. The summed E-state index contributed by atoms with van der Waals surface area (Å²) < 4.78 is 48.2. The van der Waals surface area contributed by atoms with Gasteiger partial charge >= 0.3 is 0 Å². The largest absolute Gasteiger partial charge is 0.493 e. The molecule has 1 atom stereocenters. The number of carbonyl (C=O) groups excluding carboxylic acids is 1. The molecule has 2 aliphatic rings. The number of methoxy groups -OCH3 is 2. The highest BCUT2D eigenvalue weighted by Gasteiger charge is 2.33. The van der Waals surface area contributed by atoms with Gasteiger partial charge in [0.15, 0.2) is 23.0 Å². The van der Waals surface area contributed by atoms with E-state index in [-0.39, 0.29) is 12.5 Å². The van der Waals surface area contributed by atoms with E-state index in [4.69, 9.17) is 29.2 Å². The number of amides is 1. The van der Waals surface area contributed by atoms with Gasteiger partial charge in [-0.15, -0.1) is 0 Å². The summed E-state index contributed by atoms with van der Waals surface area (Å²) in [4.78, 5) is 26.0. The fourth-order valence-electron chi connectivity index (χ4n) is 4.08. The SMILES string of the molecule is COc1cc2nc(N3CCN(C(=O)[C@@H]4COc5ccccc5O4)CC3)nc(N)c2cc1OC.CS(=O)(=O)O. The lowest BCUT2D eigenvalue weighted by atomic mass is 10.2. The molecule has 2 aliphatic heterocycles. The molecule has 1 aromatic heterocycles. The van der Waals surface area contributed by atoms with Gasteiger partial charge in [0.2, 0.25) is 12.1 Å². The third kappa shape index (κ3) is 6.26. The molecule has 38 heavy (non-hydrogen) atoms. The first-order chi connectivity index (χ1) is 18.1. The first-order valence-electron chi connectivity index (χ1n) is 11.6. The smallest absolute Gasteiger partial charge is 0.267 e. The number of piperazine rings is 1. The molecular formula is C24H29N5O8S. The predicted molar refractivity (Wildman–Crippen MR) is 140 cm³/mol. The van der Waals surface area contributed by atoms with Crippen LogP contribution in [-0.4, -0.2) is 93.1 Å². The van der Waals surface area contributed by atoms with Crippen LogP contribution in [0.1, 0.15) is 0 Å². The summed E-state index contributed by atoms with van der Waals surface area (Å²) in [5, 5.41) is 0.694. The van der Waals surface area contributed by atoms with Crippen LogP contribution in [0.2, 0.25) is 0 Å². The number of hydrogen-bond donors (Lipinski definition) is 2. The molecule has 0 bridgehead atoms. The molecule has 0 spiro atoms. The highest BCUT2D eigenvalue weighted by atomic mass is 32.2. The number of hydrogen-bond acceptors (Lipinski definition) is 11. The molecule has 2 aromatic carbocycles. The number of nitrogens with two attached hydrogens (primary N) is 1. The van der Waals surface area contributed by atoms with Crippen molar-refractivity contribution in [3.8, 4) is 23.0 Å². The van der Waals surface area contributed by atoms with Crippen LogP contribution in [0, 0.1) is 0 Å². The zero-order valence-electron chi connectivity index (χ0n) is 21.2. The minimum absolute atomic E-state index is 0.0834. The lowest BCUT2D eigenvalue weighted by Crippen LogP contribution is -2.54. The molecular weight excluding hydrogens is 518 g/mol. The molecule has 14 heteroatoms. The molecule has 0 saturated carbocycles. The van der Waals surface area contributed by atoms with Gasteiger partial charge in [0.1, 0.15) is 12.4 Å². The maximum atomic E-state index is 13.0. The molecule has 3 aromatic rings. The number of nitrogen functional groups attached to an aromatic ring is 1. The van der Waals surface area contributed by atoms with Gasteiger partial charge in [0, 0.05) is 37.6 Å². The number of carbonyl (C=O) groups is 1. The van der Waals surface area contributed by atoms with Crippen molar-refractivity contribution in [3.63, 3.8) is 0 Å². The maximum absolute atomic E-state index is 13.0. The van der Waals surface area contributed by atoms with Crippen LogP contribution in [0.5, 0.6) is 23.0 Å². The highest BCUT2D eigenvalue weighted by Crippen LogP contribution is 2.34. The van der Waals surface area contributed by atoms with Crippen molar-refractivity contribution >= 4 is 38.7 Å². The second-order valence-electron chi connectivity index (χ2n) is 8.54. The fraction of sp³-hybridized carbons (Fsp3) is 0.375. The van der Waals surface area contributed by atoms with E-state index in [1.807, 2.05) is 23.1 Å². The number of aromatic nitrogens is 2. The Kier molecular flexibility index (Phi) is 7.92. The number of fused-ring (bicyclic) bond motifs is 2. The fourth-order valence-corrected chi connectivity index (χ4v) is 4.08. The molecule has 0 unspecified atom stereocenters. The Morgan fingerprint density at radius 1 is 1.05 bits per heavy atom. The monoisotopic (exact) mass is 547 g/mol. The van der Waals surface area contributed by atoms with Gasteiger partial charge in [-0.2, -0.15) is 13.4 Å². The summed E-state index contributed by atoms with van der Waals surface area (Å²) in [6, 6.07) is 10.9. The number of rotatable bonds is 4. The van der Waals surface area contributed by atoms with E-state index in [2.05, 4.69) is 9.97 Å². The molecule has 0 aliphatic carbocycles. The summed E-state index contributed by atoms with van der Waals surface area (Å²) in [7, 11) is -0.524. The standard InChI is InChI=1S/C23H25N5O5.CH4O3S/c1-30-18-11-14-15(12-19(18)31-2)25-23(26-21(14)24)28-9-7-27(8-10-28)22(29)20-13-32-16-5-3-4-6-17(16)33-20;1-5(2,3)4/h3-6,11-12,20H,7-10,13H2,1-2H3,(H2,24,25,26);1H3,(H,2,3,4)/t20-;/m0./s1. The second-order valence-corrected chi connectivity index (χ2v) is 10.0. The average Bonchev–Trinajstić information content (AvgIpc) is 2.90. The number of ether oxygens (including phenoxy) is 4. The third-order valence-electron chi connectivity index (χ3n) is 5.88. The van der Waals surface area contributed by atoms with Crippen molar-refractivity contribution in [1.29, 1.82) is 0 Å². The van der Waals surface area contributed by atoms with E-state index < -0.39 is 16.2 Å². The number of benzene rings is 2. The topological polar surface area (TPSA) is 167 Å². The lowest BCUT2D eigenvalue weighted by molar-refractivity contribution is -0.141. The average molecular weight is 548 g/mol. The molecule has 5 rings (SSSR count). The van der Waals surface area contributed by atoms with Gasteiger partial charge in [-0.05, 0) is 18.2 Å². The molecule has 1 amide bonds. The van der Waals surface area contributed by atoms with Crippen LogP contribution >= 0.6 is 0 Å². The van der Waals surface area contributed by atoms with Crippen LogP contribution in [-0.2, 0) is 14.9 Å². The van der Waals surface area contributed by atoms with E-state index in [1.54, 1.807) is 37.3 Å². The third-order valence-corrected chi connectivity index (χ3v) is 5.88. The molecule has 13 nitrogen and oxygen atoms in total. The van der Waals surface area contributed by atoms with Gasteiger partial charge in [-0.25, -0.2) is 4.98 Å². The lowest BCUT2D eigenvalue weighted by Gasteiger charge is -2.37. The normalized spacial score (nSPS) is 16.9. The van der Waals surface area contributed by atoms with Crippen LogP contribution < -0.4 is 29.6 Å². The number of nitrogens with zero attached hydrogens (tertiary/aromatic N) is 4. The van der Waals surface area contributed by atoms with Crippen molar-refractivity contribution in [1.82, 2.24) is 14.9 Å². The summed E-state index contributed by atoms with van der Waals surface area (Å²) in [6.45, 7) is 2.40. The van der Waals surface area contributed by atoms with E-state index in [1.165, 1.54) is 0 Å². The first-order valence-corrected chi connectivity index (χ1v) is 13.5. The number of para-hydroxylation sites is 2. The summed E-state index contributed by atoms with van der Waals surface area (Å²) in [5.41, 5.74) is 6.89. The Bertz CT molecular complexity index is 1420. The van der Waals surface area contributed by atoms with Crippen molar-refractivity contribution < 1.29 is 36.7 Å². The zero-order valence-corrected chi connectivity index (χ0v) is 22.0. The summed E-state index contributed by atoms with van der Waals surface area (Å²) in [6.07, 6.45) is 0.0639. The van der Waals surface area contributed by atoms with E-state index in [9.17, 15) is 13.2 Å². The maximum Gasteiger partial charge on any atom is 0.267 e. The van der Waals surface area contributed by atoms with Crippen molar-refractivity contribution in [2.75, 3.05) is 63.9 Å². The zero-order chi connectivity index (χ0) is 27.4. The Morgan fingerprint density at radius 2 is 1.66 bits per heavy atom. The predicted octanol–water partition coefficient (Wildman–Crippen LogP) is 1.22. The quantitative estimate of drug-likeness (QED) is 0.449. The minimum Gasteiger partial charge on any atom is -0.493 e. The summed E-state index contributed by atoms with van der Waals surface area (Å²) in [5.74, 6) is 3.18. The van der Waals surface area contributed by atoms with Crippen LogP contribution in [0.3, 0.4) is 0 Å². The molecule has 204 valence electrons. The Labute approximate surface area is 219 Å². The molecule has 3 N–H and O–H groups in total. The Hall–Kier alpha value is -4.04. The van der Waals surface area contributed by atoms with Crippen molar-refractivity contribution in [2.24, 2.45) is 0 Å². The van der Waals surface area contributed by atoms with Crippen molar-refractivity contribution in [3.05, 3.63) is 36.4 Å². The van der Waals surface area contributed by atoms with Gasteiger partial charge in [-0.3, -0.25) is 9.35 Å². The van der Waals surface area contributed by atoms with Crippen LogP contribution in [0.15, 0.2) is 36.4 Å². The minimum atomic E-state index is -3.67. The van der Waals surface area contributed by atoms with Gasteiger partial charge < -0.3 is 34.5 Å².